The molecule has 0 amide bonds. The zero-order valence-electron chi connectivity index (χ0n) is 20.4. The average molecular weight is 495 g/mol. The Balaban J connectivity index is 1.39. The fourth-order valence-corrected chi connectivity index (χ4v) is 4.69. The third-order valence-electron chi connectivity index (χ3n) is 6.55. The Morgan fingerprint density at radius 1 is 0.944 bits per heavy atom. The molecule has 0 radical (unpaired) electrons. The van der Waals surface area contributed by atoms with E-state index >= 15 is 4.39 Å². The van der Waals surface area contributed by atoms with E-state index in [4.69, 9.17) is 9.47 Å². The lowest BCUT2D eigenvalue weighted by Gasteiger charge is -2.29. The maximum absolute atomic E-state index is 15.1. The summed E-state index contributed by atoms with van der Waals surface area (Å²) in [5, 5.41) is 0. The smallest absolute Gasteiger partial charge is 0.341 e. The van der Waals surface area contributed by atoms with Gasteiger partial charge in [-0.05, 0) is 74.3 Å². The van der Waals surface area contributed by atoms with Crippen LogP contribution in [0.2, 0.25) is 0 Å². The highest BCUT2D eigenvalue weighted by atomic mass is 19.2. The highest BCUT2D eigenvalue weighted by Gasteiger charge is 2.29. The molecular formula is C30H29F3O3. The van der Waals surface area contributed by atoms with Gasteiger partial charge in [0.1, 0.15) is 17.7 Å². The van der Waals surface area contributed by atoms with Gasteiger partial charge in [0.05, 0.1) is 12.2 Å². The van der Waals surface area contributed by atoms with E-state index in [2.05, 4.69) is 0 Å². The second kappa shape index (κ2) is 11.5. The van der Waals surface area contributed by atoms with Gasteiger partial charge in [0.15, 0.2) is 11.6 Å². The molecular weight excluding hydrogens is 465 g/mol. The summed E-state index contributed by atoms with van der Waals surface area (Å²) in [5.41, 5.74) is 2.01. The first-order valence-electron chi connectivity index (χ1n) is 12.3. The van der Waals surface area contributed by atoms with Gasteiger partial charge in [-0.15, -0.1) is 0 Å². The Labute approximate surface area is 209 Å². The molecule has 0 spiro atoms. The minimum atomic E-state index is -0.856. The Morgan fingerprint density at radius 3 is 2.31 bits per heavy atom. The normalized spacial score (nSPS) is 17.8. The van der Waals surface area contributed by atoms with Crippen LogP contribution in [0, 0.1) is 17.5 Å². The van der Waals surface area contributed by atoms with Crippen molar-refractivity contribution in [3.05, 3.63) is 94.8 Å². The van der Waals surface area contributed by atoms with E-state index in [1.165, 1.54) is 12.1 Å². The maximum Gasteiger partial charge on any atom is 0.341 e. The van der Waals surface area contributed by atoms with Crippen molar-refractivity contribution in [2.45, 2.75) is 51.6 Å². The molecule has 0 aliphatic heterocycles. The highest BCUT2D eigenvalue weighted by Crippen LogP contribution is 2.38. The van der Waals surface area contributed by atoms with E-state index in [9.17, 15) is 13.6 Å². The number of esters is 1. The lowest BCUT2D eigenvalue weighted by molar-refractivity contribution is 0.0189. The number of carbonyl (C=O) groups is 1. The van der Waals surface area contributed by atoms with Crippen molar-refractivity contribution in [2.75, 3.05) is 6.61 Å². The van der Waals surface area contributed by atoms with Gasteiger partial charge in [0.25, 0.3) is 0 Å². The molecule has 0 aromatic heterocycles. The molecule has 1 saturated carbocycles. The van der Waals surface area contributed by atoms with Gasteiger partial charge in [-0.25, -0.2) is 18.0 Å². The van der Waals surface area contributed by atoms with Crippen molar-refractivity contribution >= 4 is 12.0 Å². The molecule has 0 unspecified atom stereocenters. The van der Waals surface area contributed by atoms with Crippen LogP contribution in [0.3, 0.4) is 0 Å². The second-order valence-corrected chi connectivity index (χ2v) is 8.91. The molecule has 3 nitrogen and oxygen atoms in total. The van der Waals surface area contributed by atoms with Gasteiger partial charge in [-0.3, -0.25) is 0 Å². The molecule has 0 heterocycles. The number of allylic oxidation sites excluding steroid dienone is 1. The number of hydrogen-bond donors (Lipinski definition) is 0. The van der Waals surface area contributed by atoms with Crippen LogP contribution >= 0.6 is 0 Å². The second-order valence-electron chi connectivity index (χ2n) is 8.91. The SMILES string of the molecule is CC=Cc1ccc(-c2ccc(C3CCC(OC(=O)c4ccc(OCC)cc4F)CC3)c(F)c2F)cc1. The van der Waals surface area contributed by atoms with Crippen LogP contribution in [-0.2, 0) is 4.74 Å². The highest BCUT2D eigenvalue weighted by molar-refractivity contribution is 5.90. The van der Waals surface area contributed by atoms with Gasteiger partial charge in [0.2, 0.25) is 0 Å². The molecule has 0 N–H and O–H groups in total. The van der Waals surface area contributed by atoms with E-state index in [0.717, 1.165) is 11.6 Å². The largest absolute Gasteiger partial charge is 0.494 e. The van der Waals surface area contributed by atoms with Crippen molar-refractivity contribution in [1.82, 2.24) is 0 Å². The standard InChI is InChI=1S/C30H29F3O3/c1-3-5-19-6-8-20(9-7-19)24-16-17-25(29(33)28(24)32)21-10-12-22(13-11-21)36-30(34)26-15-14-23(35-4-2)18-27(26)31/h3,5-9,14-18,21-22H,4,10-13H2,1-2H3. The van der Waals surface area contributed by atoms with Crippen molar-refractivity contribution in [1.29, 1.82) is 0 Å². The van der Waals surface area contributed by atoms with Gasteiger partial charge in [0, 0.05) is 11.6 Å². The van der Waals surface area contributed by atoms with E-state index in [1.807, 2.05) is 31.2 Å². The molecule has 6 heteroatoms. The monoisotopic (exact) mass is 494 g/mol. The first kappa shape index (κ1) is 25.5. The third-order valence-corrected chi connectivity index (χ3v) is 6.55. The summed E-state index contributed by atoms with van der Waals surface area (Å²) in [5.74, 6) is -2.96. The molecule has 1 fully saturated rings. The van der Waals surface area contributed by atoms with Crippen LogP contribution in [0.25, 0.3) is 17.2 Å². The van der Waals surface area contributed by atoms with Crippen LogP contribution in [0.15, 0.2) is 60.7 Å². The molecule has 3 aromatic carbocycles. The van der Waals surface area contributed by atoms with Crippen molar-refractivity contribution in [3.8, 4) is 16.9 Å². The molecule has 1 aliphatic rings. The number of ether oxygens (including phenoxy) is 2. The molecule has 36 heavy (non-hydrogen) atoms. The van der Waals surface area contributed by atoms with Gasteiger partial charge in [-0.1, -0.05) is 48.6 Å². The Hall–Kier alpha value is -3.54. The van der Waals surface area contributed by atoms with Crippen molar-refractivity contribution in [3.63, 3.8) is 0 Å². The van der Waals surface area contributed by atoms with E-state index in [-0.39, 0.29) is 17.0 Å². The topological polar surface area (TPSA) is 35.5 Å². The zero-order chi connectivity index (χ0) is 25.7. The van der Waals surface area contributed by atoms with Crippen molar-refractivity contribution in [2.24, 2.45) is 0 Å². The number of halogens is 3. The molecule has 0 saturated heterocycles. The number of benzene rings is 3. The predicted octanol–water partition coefficient (Wildman–Crippen LogP) is 8.09. The van der Waals surface area contributed by atoms with E-state index < -0.39 is 29.5 Å². The van der Waals surface area contributed by atoms with Gasteiger partial charge >= 0.3 is 5.97 Å². The van der Waals surface area contributed by atoms with Crippen LogP contribution in [0.5, 0.6) is 5.75 Å². The molecule has 4 rings (SSSR count). The number of hydrogen-bond acceptors (Lipinski definition) is 3. The van der Waals surface area contributed by atoms with E-state index in [0.29, 0.717) is 49.2 Å². The zero-order valence-corrected chi connectivity index (χ0v) is 20.4. The minimum absolute atomic E-state index is 0.150. The average Bonchev–Trinajstić information content (AvgIpc) is 2.87. The van der Waals surface area contributed by atoms with Crippen LogP contribution < -0.4 is 4.74 Å². The molecule has 0 atom stereocenters. The summed E-state index contributed by atoms with van der Waals surface area (Å²) in [6, 6.07) is 14.6. The minimum Gasteiger partial charge on any atom is -0.494 e. The van der Waals surface area contributed by atoms with Gasteiger partial charge < -0.3 is 9.47 Å². The summed E-state index contributed by atoms with van der Waals surface area (Å²) in [6.45, 7) is 4.10. The first-order valence-corrected chi connectivity index (χ1v) is 12.3. The Kier molecular flexibility index (Phi) is 8.14. The predicted molar refractivity (Wildman–Crippen MR) is 134 cm³/mol. The molecule has 3 aromatic rings. The maximum atomic E-state index is 15.1. The van der Waals surface area contributed by atoms with Crippen LogP contribution in [0.4, 0.5) is 13.2 Å². The summed E-state index contributed by atoms with van der Waals surface area (Å²) in [7, 11) is 0. The number of carbonyl (C=O) groups excluding carboxylic acids is 1. The Morgan fingerprint density at radius 2 is 1.67 bits per heavy atom. The summed E-state index contributed by atoms with van der Waals surface area (Å²) in [4.78, 5) is 12.5. The lowest BCUT2D eigenvalue weighted by Crippen LogP contribution is -2.24. The number of rotatable bonds is 7. The molecule has 0 bridgehead atoms. The molecule has 1 aliphatic carbocycles. The van der Waals surface area contributed by atoms with E-state index in [1.54, 1.807) is 31.2 Å². The first-order chi connectivity index (χ1) is 17.4. The van der Waals surface area contributed by atoms with Crippen LogP contribution in [-0.4, -0.2) is 18.7 Å². The van der Waals surface area contributed by atoms with Crippen molar-refractivity contribution < 1.29 is 27.4 Å². The summed E-state index contributed by atoms with van der Waals surface area (Å²) >= 11 is 0. The summed E-state index contributed by atoms with van der Waals surface area (Å²) < 4.78 is 55.1. The lowest BCUT2D eigenvalue weighted by atomic mass is 9.82. The van der Waals surface area contributed by atoms with Gasteiger partial charge in [-0.2, -0.15) is 0 Å². The summed E-state index contributed by atoms with van der Waals surface area (Å²) in [6.07, 6.45) is 5.51. The Bertz CT molecular complexity index is 1240. The molecule has 188 valence electrons. The fraction of sp³-hybridized carbons (Fsp3) is 0.300. The third kappa shape index (κ3) is 5.64. The quantitative estimate of drug-likeness (QED) is 0.312. The van der Waals surface area contributed by atoms with Crippen LogP contribution in [0.1, 0.15) is 66.9 Å². The fourth-order valence-electron chi connectivity index (χ4n) is 4.69.